The summed E-state index contributed by atoms with van der Waals surface area (Å²) in [5.74, 6) is 0. The molecular weight excluding hydrogens is 251 g/mol. The van der Waals surface area contributed by atoms with Crippen LogP contribution in [0, 0.1) is 0 Å². The van der Waals surface area contributed by atoms with Crippen molar-refractivity contribution in [1.82, 2.24) is 0 Å². The molecule has 0 aliphatic heterocycles. The van der Waals surface area contributed by atoms with Crippen LogP contribution in [0.5, 0.6) is 0 Å². The van der Waals surface area contributed by atoms with Gasteiger partial charge in [0.15, 0.2) is 0 Å². The van der Waals surface area contributed by atoms with Crippen molar-refractivity contribution in [3.63, 3.8) is 0 Å². The van der Waals surface area contributed by atoms with E-state index in [0.717, 1.165) is 12.8 Å². The minimum Gasteiger partial charge on any atom is -0.366 e. The van der Waals surface area contributed by atoms with E-state index in [4.69, 9.17) is 31.0 Å². The fourth-order valence-corrected chi connectivity index (χ4v) is 4.93. The first-order valence-corrected chi connectivity index (χ1v) is 9.16. The lowest BCUT2D eigenvalue weighted by Crippen LogP contribution is -2.45. The normalized spacial score (nSPS) is 14.4. The minimum atomic E-state index is -3.07. The summed E-state index contributed by atoms with van der Waals surface area (Å²) >= 11 is 12.2. The van der Waals surface area contributed by atoms with E-state index in [1.807, 2.05) is 41.5 Å². The van der Waals surface area contributed by atoms with Crippen LogP contribution in [0.3, 0.4) is 0 Å². The topological polar surface area (TPSA) is 18.5 Å². The second-order valence-electron chi connectivity index (χ2n) is 4.89. The van der Waals surface area contributed by atoms with Crippen molar-refractivity contribution in [2.24, 2.45) is 0 Å². The predicted molar refractivity (Wildman–Crippen MR) is 68.4 cm³/mol. The van der Waals surface area contributed by atoms with Crippen molar-refractivity contribution in [3.8, 4) is 0 Å². The largest absolute Gasteiger partial charge is 0.552 e. The predicted octanol–water partition coefficient (Wildman–Crippen LogP) is 4.31. The molecule has 0 N–H and O–H groups in total. The van der Waals surface area contributed by atoms with E-state index >= 15 is 0 Å². The summed E-state index contributed by atoms with van der Waals surface area (Å²) in [7, 11) is -3.07. The summed E-state index contributed by atoms with van der Waals surface area (Å²) in [5, 5.41) is 0. The summed E-state index contributed by atoms with van der Waals surface area (Å²) in [5.41, 5.74) is -0.668. The maximum atomic E-state index is 6.12. The maximum absolute atomic E-state index is 6.12. The van der Waals surface area contributed by atoms with Crippen LogP contribution in [-0.2, 0) is 8.85 Å². The summed E-state index contributed by atoms with van der Waals surface area (Å²) < 4.78 is 11.3. The second-order valence-corrected chi connectivity index (χ2v) is 9.79. The molecule has 0 aromatic heterocycles. The number of hydrogen-bond acceptors (Lipinski definition) is 2. The molecule has 2 nitrogen and oxygen atoms in total. The van der Waals surface area contributed by atoms with Gasteiger partial charge in [-0.1, -0.05) is 36.0 Å². The van der Waals surface area contributed by atoms with Gasteiger partial charge in [-0.25, -0.2) is 0 Å². The van der Waals surface area contributed by atoms with Crippen LogP contribution >= 0.6 is 22.2 Å². The highest BCUT2D eigenvalue weighted by Gasteiger charge is 2.43. The van der Waals surface area contributed by atoms with E-state index in [2.05, 4.69) is 0 Å². The highest BCUT2D eigenvalue weighted by Crippen LogP contribution is 2.32. The molecule has 15 heavy (non-hydrogen) atoms. The average Bonchev–Trinajstić information content (AvgIpc) is 2.00. The third-order valence-electron chi connectivity index (χ3n) is 2.49. The Morgan fingerprint density at radius 2 is 1.13 bits per heavy atom. The molecule has 92 valence electrons. The van der Waals surface area contributed by atoms with E-state index in [9.17, 15) is 0 Å². The number of halogens is 2. The van der Waals surface area contributed by atoms with Crippen LogP contribution < -0.4 is 0 Å². The molecule has 0 amide bonds. The van der Waals surface area contributed by atoms with Crippen LogP contribution in [0.25, 0.3) is 0 Å². The van der Waals surface area contributed by atoms with E-state index in [1.165, 1.54) is 0 Å². The Morgan fingerprint density at radius 3 is 1.33 bits per heavy atom. The fraction of sp³-hybridized carbons (Fsp3) is 1.00. The summed E-state index contributed by atoms with van der Waals surface area (Å²) in [6.07, 6.45) is 1.69. The first-order chi connectivity index (χ1) is 6.54. The molecule has 0 spiro atoms. The van der Waals surface area contributed by atoms with Gasteiger partial charge in [-0.3, -0.25) is 0 Å². The van der Waals surface area contributed by atoms with Crippen LogP contribution in [-0.4, -0.2) is 18.4 Å². The zero-order chi connectivity index (χ0) is 12.3. The summed E-state index contributed by atoms with van der Waals surface area (Å²) in [4.78, 5) is 0. The maximum Gasteiger partial charge on any atom is 0.552 e. The smallest absolute Gasteiger partial charge is 0.366 e. The highest BCUT2D eigenvalue weighted by atomic mass is 35.7. The lowest BCUT2D eigenvalue weighted by atomic mass is 10.1. The van der Waals surface area contributed by atoms with Crippen molar-refractivity contribution >= 4 is 29.3 Å². The SMILES string of the molecule is CCC(C)(C)O[Si](Cl)(Cl)OC(C)(C)CC. The monoisotopic (exact) mass is 272 g/mol. The molecule has 0 saturated heterocycles. The quantitative estimate of drug-likeness (QED) is 0.530. The Hall–Kier alpha value is 0.717. The third-order valence-corrected chi connectivity index (χ3v) is 5.00. The number of hydrogen-bond donors (Lipinski definition) is 0. The lowest BCUT2D eigenvalue weighted by Gasteiger charge is -2.35. The summed E-state index contributed by atoms with van der Waals surface area (Å²) in [6, 6.07) is 0. The number of rotatable bonds is 6. The summed E-state index contributed by atoms with van der Waals surface area (Å²) in [6.45, 7) is 11.9. The van der Waals surface area contributed by atoms with Gasteiger partial charge in [0, 0.05) is 0 Å². The van der Waals surface area contributed by atoms with Gasteiger partial charge < -0.3 is 8.85 Å². The average molecular weight is 273 g/mol. The Labute approximate surface area is 104 Å². The first-order valence-electron chi connectivity index (χ1n) is 5.32. The molecule has 0 fully saturated rings. The van der Waals surface area contributed by atoms with Crippen molar-refractivity contribution in [2.75, 3.05) is 0 Å². The van der Waals surface area contributed by atoms with Crippen molar-refractivity contribution < 1.29 is 8.85 Å². The van der Waals surface area contributed by atoms with E-state index < -0.39 is 7.18 Å². The molecule has 0 aromatic rings. The lowest BCUT2D eigenvalue weighted by molar-refractivity contribution is 0.0176. The van der Waals surface area contributed by atoms with Gasteiger partial charge in [-0.2, -0.15) is 0 Å². The Bertz CT molecular complexity index is 186. The molecule has 0 rings (SSSR count). The molecule has 0 bridgehead atoms. The van der Waals surface area contributed by atoms with Gasteiger partial charge in [0.05, 0.1) is 11.2 Å². The van der Waals surface area contributed by atoms with Gasteiger partial charge in [0.2, 0.25) is 0 Å². The molecule has 0 aromatic carbocycles. The van der Waals surface area contributed by atoms with Crippen LogP contribution in [0.4, 0.5) is 0 Å². The molecule has 0 radical (unpaired) electrons. The molecule has 0 heterocycles. The van der Waals surface area contributed by atoms with Gasteiger partial charge in [0.1, 0.15) is 0 Å². The van der Waals surface area contributed by atoms with Crippen molar-refractivity contribution in [3.05, 3.63) is 0 Å². The molecule has 0 aliphatic rings. The third kappa shape index (κ3) is 6.79. The standard InChI is InChI=1S/C10H22Cl2O2Si/c1-7-9(3,4)13-15(11,12)14-10(5,6)8-2/h7-8H2,1-6H3. The molecule has 5 heteroatoms. The van der Waals surface area contributed by atoms with Crippen molar-refractivity contribution in [2.45, 2.75) is 65.6 Å². The van der Waals surface area contributed by atoms with Gasteiger partial charge >= 0.3 is 7.18 Å². The molecule has 0 atom stereocenters. The zero-order valence-electron chi connectivity index (χ0n) is 10.5. The fourth-order valence-electron chi connectivity index (χ4n) is 0.808. The van der Waals surface area contributed by atoms with Crippen LogP contribution in [0.2, 0.25) is 0 Å². The minimum absolute atomic E-state index is 0.334. The second kappa shape index (κ2) is 5.37. The highest BCUT2D eigenvalue weighted by molar-refractivity contribution is 7.39. The van der Waals surface area contributed by atoms with Gasteiger partial charge in [0.25, 0.3) is 0 Å². The van der Waals surface area contributed by atoms with E-state index in [1.54, 1.807) is 0 Å². The molecule has 0 aliphatic carbocycles. The van der Waals surface area contributed by atoms with Gasteiger partial charge in [-0.05, 0) is 40.5 Å². The van der Waals surface area contributed by atoms with Gasteiger partial charge in [-0.15, -0.1) is 0 Å². The van der Waals surface area contributed by atoms with Crippen LogP contribution in [0.1, 0.15) is 54.4 Å². The van der Waals surface area contributed by atoms with Crippen LogP contribution in [0.15, 0.2) is 0 Å². The molecule has 0 unspecified atom stereocenters. The Kier molecular flexibility index (Phi) is 5.62. The Morgan fingerprint density at radius 1 is 0.867 bits per heavy atom. The molecule has 0 saturated carbocycles. The zero-order valence-corrected chi connectivity index (χ0v) is 13.0. The first kappa shape index (κ1) is 15.7. The van der Waals surface area contributed by atoms with E-state index in [0.29, 0.717) is 0 Å². The Balaban J connectivity index is 4.43. The van der Waals surface area contributed by atoms with Crippen molar-refractivity contribution in [1.29, 1.82) is 0 Å². The molecular formula is C10H22Cl2O2Si. The van der Waals surface area contributed by atoms with E-state index in [-0.39, 0.29) is 11.2 Å².